The van der Waals surface area contributed by atoms with Crippen LogP contribution in [0.5, 0.6) is 0 Å². The summed E-state index contributed by atoms with van der Waals surface area (Å²) >= 11 is 0. The Morgan fingerprint density at radius 1 is 1.35 bits per heavy atom. The summed E-state index contributed by atoms with van der Waals surface area (Å²) in [7, 11) is -4.94. The average Bonchev–Trinajstić information content (AvgIpc) is 2.32. The van der Waals surface area contributed by atoms with Crippen LogP contribution in [0.4, 0.5) is 0 Å². The Morgan fingerprint density at radius 2 is 1.90 bits per heavy atom. The Balaban J connectivity index is 0. The zero-order chi connectivity index (χ0) is 15.1. The SMILES string of the molecule is CCS(=O)(=O)NCC(N)(CCCCB(O)O)C(=O)O.Cl. The Bertz CT molecular complexity index is 394. The van der Waals surface area contributed by atoms with Crippen molar-refractivity contribution < 1.29 is 28.4 Å². The van der Waals surface area contributed by atoms with Gasteiger partial charge < -0.3 is 20.9 Å². The van der Waals surface area contributed by atoms with Gasteiger partial charge >= 0.3 is 13.1 Å². The first-order valence-corrected chi connectivity index (χ1v) is 7.64. The van der Waals surface area contributed by atoms with Gasteiger partial charge in [0.2, 0.25) is 10.0 Å². The molecule has 0 saturated heterocycles. The van der Waals surface area contributed by atoms with Crippen LogP contribution in [0.1, 0.15) is 26.2 Å². The summed E-state index contributed by atoms with van der Waals surface area (Å²) in [6, 6.07) is 0. The van der Waals surface area contributed by atoms with Gasteiger partial charge in [0.1, 0.15) is 5.54 Å². The van der Waals surface area contributed by atoms with Crippen molar-refractivity contribution in [2.24, 2.45) is 5.73 Å². The lowest BCUT2D eigenvalue weighted by molar-refractivity contribution is -0.143. The maximum atomic E-state index is 11.3. The van der Waals surface area contributed by atoms with Gasteiger partial charge in [-0.1, -0.05) is 12.8 Å². The maximum Gasteiger partial charge on any atom is 0.451 e. The van der Waals surface area contributed by atoms with Crippen LogP contribution in [0.2, 0.25) is 6.32 Å². The second kappa shape index (κ2) is 9.53. The summed E-state index contributed by atoms with van der Waals surface area (Å²) < 4.78 is 24.7. The molecule has 0 aliphatic rings. The van der Waals surface area contributed by atoms with Crippen LogP contribution in [-0.2, 0) is 14.8 Å². The van der Waals surface area contributed by atoms with Crippen LogP contribution < -0.4 is 10.5 Å². The summed E-state index contributed by atoms with van der Waals surface area (Å²) in [4.78, 5) is 11.1. The van der Waals surface area contributed by atoms with Crippen LogP contribution in [0.15, 0.2) is 0 Å². The van der Waals surface area contributed by atoms with E-state index in [2.05, 4.69) is 4.72 Å². The first kappa shape index (κ1) is 21.9. The minimum absolute atomic E-state index is 0. The highest BCUT2D eigenvalue weighted by atomic mass is 35.5. The largest absolute Gasteiger partial charge is 0.480 e. The molecule has 0 amide bonds. The Hall–Kier alpha value is -0.385. The molecule has 120 valence electrons. The fourth-order valence-corrected chi connectivity index (χ4v) is 2.06. The number of nitrogens with two attached hydrogens (primary N) is 1. The number of carboxylic acid groups (broad SMARTS) is 1. The summed E-state index contributed by atoms with van der Waals surface area (Å²) in [5.74, 6) is -1.45. The smallest absolute Gasteiger partial charge is 0.451 e. The lowest BCUT2D eigenvalue weighted by atomic mass is 9.82. The van der Waals surface area contributed by atoms with E-state index in [1.807, 2.05) is 0 Å². The summed E-state index contributed by atoms with van der Waals surface area (Å²) in [6.07, 6.45) is 0.913. The topological polar surface area (TPSA) is 150 Å². The van der Waals surface area contributed by atoms with Crippen LogP contribution in [0, 0.1) is 0 Å². The third kappa shape index (κ3) is 8.72. The van der Waals surface area contributed by atoms with Crippen molar-refractivity contribution in [2.75, 3.05) is 12.3 Å². The minimum Gasteiger partial charge on any atom is -0.480 e. The number of rotatable bonds is 10. The quantitative estimate of drug-likeness (QED) is 0.248. The second-order valence-corrected chi connectivity index (χ2v) is 6.51. The predicted molar refractivity (Wildman–Crippen MR) is 78.1 cm³/mol. The highest BCUT2D eigenvalue weighted by Crippen LogP contribution is 2.13. The minimum atomic E-state index is -3.50. The van der Waals surface area contributed by atoms with E-state index in [0.29, 0.717) is 12.8 Å². The maximum absolute atomic E-state index is 11.3. The number of unbranched alkanes of at least 4 members (excludes halogenated alkanes) is 1. The number of carbonyl (C=O) groups is 1. The van der Waals surface area contributed by atoms with E-state index in [4.69, 9.17) is 20.9 Å². The van der Waals surface area contributed by atoms with Gasteiger partial charge in [-0.2, -0.15) is 0 Å². The van der Waals surface area contributed by atoms with E-state index in [9.17, 15) is 13.2 Å². The van der Waals surface area contributed by atoms with Crippen LogP contribution >= 0.6 is 12.4 Å². The molecule has 1 unspecified atom stereocenters. The Morgan fingerprint density at radius 3 is 2.30 bits per heavy atom. The third-order valence-corrected chi connectivity index (χ3v) is 4.09. The molecule has 0 aromatic rings. The summed E-state index contributed by atoms with van der Waals surface area (Å²) in [5.41, 5.74) is 3.98. The van der Waals surface area contributed by atoms with Crippen molar-refractivity contribution in [3.05, 3.63) is 0 Å². The predicted octanol–water partition coefficient (Wildman–Crippen LogP) is -1.23. The molecule has 8 nitrogen and oxygen atoms in total. The van der Waals surface area contributed by atoms with E-state index in [1.54, 1.807) is 0 Å². The molecule has 0 aliphatic carbocycles. The number of hydrogen-bond acceptors (Lipinski definition) is 6. The van der Waals surface area contributed by atoms with Gasteiger partial charge in [0.15, 0.2) is 0 Å². The van der Waals surface area contributed by atoms with Gasteiger partial charge in [-0.15, -0.1) is 12.4 Å². The highest BCUT2D eigenvalue weighted by Gasteiger charge is 2.34. The zero-order valence-electron chi connectivity index (χ0n) is 11.3. The zero-order valence-corrected chi connectivity index (χ0v) is 12.9. The molecule has 0 radical (unpaired) electrons. The van der Waals surface area contributed by atoms with E-state index in [0.717, 1.165) is 0 Å². The van der Waals surface area contributed by atoms with E-state index in [1.165, 1.54) is 6.92 Å². The first-order valence-electron chi connectivity index (χ1n) is 5.98. The Kier molecular flexibility index (Phi) is 10.4. The fraction of sp³-hybridized carbons (Fsp3) is 0.889. The van der Waals surface area contributed by atoms with Crippen LogP contribution in [-0.4, -0.2) is 54.5 Å². The molecule has 0 fully saturated rings. The molecule has 6 N–H and O–H groups in total. The number of sulfonamides is 1. The molecule has 0 aromatic carbocycles. The molecule has 11 heteroatoms. The van der Waals surface area contributed by atoms with Crippen LogP contribution in [0.3, 0.4) is 0 Å². The van der Waals surface area contributed by atoms with Gasteiger partial charge in [-0.25, -0.2) is 13.1 Å². The molecular weight excluding hydrogens is 310 g/mol. The van der Waals surface area contributed by atoms with Gasteiger partial charge in [0.25, 0.3) is 0 Å². The van der Waals surface area contributed by atoms with Gasteiger partial charge in [0, 0.05) is 6.54 Å². The average molecular weight is 333 g/mol. The van der Waals surface area contributed by atoms with Crippen LogP contribution in [0.25, 0.3) is 0 Å². The van der Waals surface area contributed by atoms with E-state index < -0.39 is 28.6 Å². The summed E-state index contributed by atoms with van der Waals surface area (Å²) in [5, 5.41) is 26.4. The van der Waals surface area contributed by atoms with Crippen molar-refractivity contribution in [1.82, 2.24) is 4.72 Å². The molecule has 0 aromatic heterocycles. The fourth-order valence-electron chi connectivity index (χ4n) is 1.38. The van der Waals surface area contributed by atoms with Gasteiger partial charge in [-0.3, -0.25) is 4.79 Å². The van der Waals surface area contributed by atoms with Crippen molar-refractivity contribution in [3.8, 4) is 0 Å². The van der Waals surface area contributed by atoms with Gasteiger partial charge in [0.05, 0.1) is 5.75 Å². The standard InChI is InChI=1S/C9H21BN2O6S.ClH/c1-2-19(17,18)12-7-9(11,8(13)14)5-3-4-6-10(15)16;/h12,15-16H,2-7,11H2,1H3,(H,13,14);1H. The molecule has 0 heterocycles. The van der Waals surface area contributed by atoms with Gasteiger partial charge in [-0.05, 0) is 19.7 Å². The normalized spacial score (nSPS) is 14.2. The van der Waals surface area contributed by atoms with Crippen molar-refractivity contribution in [2.45, 2.75) is 38.0 Å². The number of hydrogen-bond donors (Lipinski definition) is 5. The van der Waals surface area contributed by atoms with Crippen molar-refractivity contribution in [3.63, 3.8) is 0 Å². The molecule has 1 atom stereocenters. The molecule has 0 bridgehead atoms. The first-order chi connectivity index (χ1) is 8.63. The number of halogens is 1. The number of carboxylic acids is 1. The van der Waals surface area contributed by atoms with Crippen molar-refractivity contribution >= 4 is 35.5 Å². The molecule has 0 saturated carbocycles. The third-order valence-electron chi connectivity index (χ3n) is 2.75. The summed E-state index contributed by atoms with van der Waals surface area (Å²) in [6.45, 7) is 1.05. The van der Waals surface area contributed by atoms with E-state index >= 15 is 0 Å². The number of nitrogens with one attached hydrogen (secondary N) is 1. The molecule has 0 spiro atoms. The number of aliphatic carboxylic acids is 1. The lowest BCUT2D eigenvalue weighted by Crippen LogP contribution is -2.56. The molecule has 0 rings (SSSR count). The van der Waals surface area contributed by atoms with E-state index in [-0.39, 0.29) is 37.4 Å². The van der Waals surface area contributed by atoms with Crippen molar-refractivity contribution in [1.29, 1.82) is 0 Å². The molecular formula is C9H22BClN2O6S. The highest BCUT2D eigenvalue weighted by molar-refractivity contribution is 7.89. The molecule has 0 aliphatic heterocycles. The lowest BCUT2D eigenvalue weighted by Gasteiger charge is -2.24. The molecule has 20 heavy (non-hydrogen) atoms. The monoisotopic (exact) mass is 332 g/mol. The second-order valence-electron chi connectivity index (χ2n) is 4.41. The Labute approximate surface area is 125 Å².